The van der Waals surface area contributed by atoms with Gasteiger partial charge in [0.15, 0.2) is 0 Å². The number of halogens is 3. The van der Waals surface area contributed by atoms with E-state index in [4.69, 9.17) is 0 Å². The van der Waals surface area contributed by atoms with Crippen LogP contribution < -0.4 is 9.80 Å². The smallest absolute Gasteiger partial charge is 0.378 e. The number of benzene rings is 1. The van der Waals surface area contributed by atoms with Crippen molar-refractivity contribution >= 4 is 28.2 Å². The number of rotatable bonds is 11. The van der Waals surface area contributed by atoms with Crippen LogP contribution in [0.4, 0.5) is 24.5 Å². The van der Waals surface area contributed by atoms with Gasteiger partial charge in [-0.2, -0.15) is 13.2 Å². The van der Waals surface area contributed by atoms with E-state index in [1.807, 2.05) is 75.9 Å². The minimum Gasteiger partial charge on any atom is -0.378 e. The van der Waals surface area contributed by atoms with Gasteiger partial charge in [-0.1, -0.05) is 90.8 Å². The van der Waals surface area contributed by atoms with Crippen molar-refractivity contribution in [2.45, 2.75) is 66.3 Å². The Morgan fingerprint density at radius 3 is 1.97 bits per heavy atom. The molecule has 37 heavy (non-hydrogen) atoms. The number of alkyl halides is 3. The van der Waals surface area contributed by atoms with Gasteiger partial charge in [0.05, 0.1) is 11.6 Å². The molecule has 2 unspecified atom stereocenters. The molecule has 0 radical (unpaired) electrons. The maximum Gasteiger partial charge on any atom is 0.404 e. The zero-order valence-electron chi connectivity index (χ0n) is 24.5. The molecule has 0 amide bonds. The topological polar surface area (TPSA) is 18.8 Å². The number of hydrogen-bond acceptors (Lipinski definition) is 4. The molecule has 0 saturated carbocycles. The second kappa shape index (κ2) is 19.7. The first kappa shape index (κ1) is 36.7. The number of aliphatic imine (C=N–C) groups is 1. The Labute approximate surface area is 228 Å². The molecule has 0 N–H and O–H groups in total. The first-order valence-electron chi connectivity index (χ1n) is 12.9. The van der Waals surface area contributed by atoms with E-state index in [1.54, 1.807) is 19.1 Å². The molecule has 1 rings (SSSR count). The van der Waals surface area contributed by atoms with Crippen LogP contribution in [0.3, 0.4) is 0 Å². The lowest BCUT2D eigenvalue weighted by molar-refractivity contribution is -0.121. The van der Waals surface area contributed by atoms with Crippen molar-refractivity contribution in [2.24, 2.45) is 10.9 Å². The number of allylic oxidation sites excluding steroid dienone is 5. The quantitative estimate of drug-likeness (QED) is 0.158. The van der Waals surface area contributed by atoms with E-state index in [1.165, 1.54) is 19.2 Å². The highest BCUT2D eigenvalue weighted by Gasteiger charge is 2.42. The van der Waals surface area contributed by atoms with Crippen LogP contribution in [0, 0.1) is 5.92 Å². The monoisotopic (exact) mass is 539 g/mol. The predicted molar refractivity (Wildman–Crippen MR) is 163 cm³/mol. The van der Waals surface area contributed by atoms with E-state index in [-0.39, 0.29) is 18.0 Å². The lowest BCUT2D eigenvalue weighted by atomic mass is 10.0. The molecule has 1 aromatic rings. The Kier molecular flexibility index (Phi) is 19.5. The van der Waals surface area contributed by atoms with Crippen molar-refractivity contribution in [1.82, 2.24) is 0 Å². The van der Waals surface area contributed by atoms with Crippen LogP contribution in [0.5, 0.6) is 0 Å². The van der Waals surface area contributed by atoms with Gasteiger partial charge in [-0.3, -0.25) is 4.99 Å². The molecule has 0 aromatic heterocycles. The van der Waals surface area contributed by atoms with Gasteiger partial charge in [0.2, 0.25) is 0 Å². The molecular weight excluding hydrogens is 491 g/mol. The van der Waals surface area contributed by atoms with Crippen molar-refractivity contribution in [1.29, 1.82) is 0 Å². The maximum atomic E-state index is 14.0. The van der Waals surface area contributed by atoms with E-state index in [0.717, 1.165) is 23.5 Å². The Bertz CT molecular complexity index is 869. The van der Waals surface area contributed by atoms with E-state index >= 15 is 0 Å². The molecule has 2 atom stereocenters. The second-order valence-electron chi connectivity index (χ2n) is 7.85. The van der Waals surface area contributed by atoms with Crippen LogP contribution in [-0.4, -0.2) is 44.2 Å². The zero-order valence-corrected chi connectivity index (χ0v) is 25.3. The van der Waals surface area contributed by atoms with Crippen LogP contribution in [0.15, 0.2) is 78.0 Å². The molecule has 0 aliphatic rings. The first-order chi connectivity index (χ1) is 17.5. The summed E-state index contributed by atoms with van der Waals surface area (Å²) in [6, 6.07) is 7.89. The molecular formula is C30H48F3N3S. The van der Waals surface area contributed by atoms with E-state index in [2.05, 4.69) is 32.0 Å². The third-order valence-electron chi connectivity index (χ3n) is 5.32. The fraction of sp³-hybridized carbons (Fsp3) is 0.500. The van der Waals surface area contributed by atoms with E-state index in [9.17, 15) is 13.2 Å². The normalized spacial score (nSPS) is 13.5. The van der Waals surface area contributed by atoms with E-state index in [0.29, 0.717) is 16.8 Å². The van der Waals surface area contributed by atoms with Gasteiger partial charge in [0, 0.05) is 38.2 Å². The molecule has 0 heterocycles. The summed E-state index contributed by atoms with van der Waals surface area (Å²) in [5.74, 6) is 0.165. The molecule has 0 fully saturated rings. The van der Waals surface area contributed by atoms with Crippen molar-refractivity contribution in [3.8, 4) is 0 Å². The molecule has 210 valence electrons. The number of hydrogen-bond donors (Lipinski definition) is 0. The van der Waals surface area contributed by atoms with Gasteiger partial charge >= 0.3 is 6.18 Å². The average Bonchev–Trinajstić information content (AvgIpc) is 2.91. The molecule has 0 aliphatic heterocycles. The third-order valence-corrected chi connectivity index (χ3v) is 6.68. The van der Waals surface area contributed by atoms with Gasteiger partial charge in [0.25, 0.3) is 0 Å². The molecule has 0 saturated heterocycles. The van der Waals surface area contributed by atoms with Gasteiger partial charge in [-0.15, -0.1) is 0 Å². The summed E-state index contributed by atoms with van der Waals surface area (Å²) in [5, 5.41) is -1.40. The lowest BCUT2D eigenvalue weighted by Gasteiger charge is -2.32. The Morgan fingerprint density at radius 2 is 1.59 bits per heavy atom. The van der Waals surface area contributed by atoms with Gasteiger partial charge < -0.3 is 9.80 Å². The molecule has 0 bridgehead atoms. The van der Waals surface area contributed by atoms with Gasteiger partial charge in [0.1, 0.15) is 5.25 Å². The highest BCUT2D eigenvalue weighted by Crippen LogP contribution is 2.38. The van der Waals surface area contributed by atoms with Crippen LogP contribution >= 0.6 is 11.8 Å². The van der Waals surface area contributed by atoms with Crippen LogP contribution in [-0.2, 0) is 0 Å². The summed E-state index contributed by atoms with van der Waals surface area (Å²) in [7, 11) is 5.44. The molecule has 3 nitrogen and oxygen atoms in total. The summed E-state index contributed by atoms with van der Waals surface area (Å²) in [6.45, 7) is 21.9. The van der Waals surface area contributed by atoms with Crippen LogP contribution in [0.2, 0.25) is 0 Å². The Hall–Kier alpha value is -2.41. The van der Waals surface area contributed by atoms with Crippen molar-refractivity contribution in [3.05, 3.63) is 73.0 Å². The summed E-state index contributed by atoms with van der Waals surface area (Å²) in [5.41, 5.74) is 2.83. The second-order valence-corrected chi connectivity index (χ2v) is 9.03. The van der Waals surface area contributed by atoms with Crippen molar-refractivity contribution in [3.63, 3.8) is 0 Å². The van der Waals surface area contributed by atoms with Gasteiger partial charge in [-0.25, -0.2) is 0 Å². The molecule has 0 aliphatic carbocycles. The predicted octanol–water partition coefficient (Wildman–Crippen LogP) is 9.55. The number of anilines is 2. The van der Waals surface area contributed by atoms with Crippen LogP contribution in [0.25, 0.3) is 0 Å². The number of nitrogens with zero attached hydrogens (tertiary/aromatic N) is 3. The maximum absolute atomic E-state index is 14.0. The summed E-state index contributed by atoms with van der Waals surface area (Å²) >= 11 is 0.708. The summed E-state index contributed by atoms with van der Waals surface area (Å²) < 4.78 is 41.9. The fourth-order valence-corrected chi connectivity index (χ4v) is 4.04. The third kappa shape index (κ3) is 12.6. The number of thioether (sulfide) groups is 1. The summed E-state index contributed by atoms with van der Waals surface area (Å²) in [6.07, 6.45) is 2.40. The van der Waals surface area contributed by atoms with Gasteiger partial charge in [-0.05, 0) is 49.1 Å². The highest BCUT2D eigenvalue weighted by molar-refractivity contribution is 8.14. The first-order valence-corrected chi connectivity index (χ1v) is 13.8. The lowest BCUT2D eigenvalue weighted by Crippen LogP contribution is -2.34. The van der Waals surface area contributed by atoms with E-state index < -0.39 is 11.4 Å². The Morgan fingerprint density at radius 1 is 1.08 bits per heavy atom. The minimum absolute atomic E-state index is 0.0920. The Balaban J connectivity index is 0. The molecule has 0 spiro atoms. The largest absolute Gasteiger partial charge is 0.404 e. The average molecular weight is 540 g/mol. The standard InChI is InChI=1S/C26H36F3N3S.2C2H6/c1-9-12-13-21(11-3)25(26(27,28)29)33-24(30-6)18-32(20(5)19(4)10-2)23-16-14-22(15-17-23)31(7)8;2*1-2/h9,11-17,19,25H,3,5,10,18H2,1-2,4,6-8H3;2*1-2H3/b12-9-,21-13+,30-24?;;. The molecule has 7 heteroatoms. The van der Waals surface area contributed by atoms with Crippen molar-refractivity contribution < 1.29 is 13.2 Å². The zero-order chi connectivity index (χ0) is 29.2. The minimum atomic E-state index is -4.45. The van der Waals surface area contributed by atoms with Crippen LogP contribution in [0.1, 0.15) is 54.9 Å². The summed E-state index contributed by atoms with van der Waals surface area (Å²) in [4.78, 5) is 8.18. The fourth-order valence-electron chi connectivity index (χ4n) is 3.02. The molecule has 1 aromatic carbocycles. The van der Waals surface area contributed by atoms with Crippen molar-refractivity contribution in [2.75, 3.05) is 37.5 Å². The highest BCUT2D eigenvalue weighted by atomic mass is 32.2. The SMILES string of the molecule is C=C/C(=C\C=C/C)C(SC(CN(C(=C)C(C)CC)c1ccc(N(C)C)cc1)=NC)C(F)(F)F.CC.CC.